The van der Waals surface area contributed by atoms with E-state index >= 15 is 0 Å². The molecule has 0 aliphatic carbocycles. The van der Waals surface area contributed by atoms with Crippen molar-refractivity contribution in [2.45, 2.75) is 6.18 Å². The largest absolute Gasteiger partial charge is 0.468 e. The summed E-state index contributed by atoms with van der Waals surface area (Å²) < 4.78 is 72.8. The van der Waals surface area contributed by atoms with Gasteiger partial charge >= 0.3 is 6.18 Å². The van der Waals surface area contributed by atoms with E-state index in [4.69, 9.17) is 10.3 Å². The van der Waals surface area contributed by atoms with Crippen molar-refractivity contribution in [2.24, 2.45) is 0 Å². The average molecular weight is 466 g/mol. The van der Waals surface area contributed by atoms with Gasteiger partial charge < -0.3 is 20.3 Å². The molecule has 0 aliphatic rings. The number of alkyl halides is 3. The highest BCUT2D eigenvalue weighted by atomic mass is 19.4. The minimum atomic E-state index is -4.49. The van der Waals surface area contributed by atoms with Gasteiger partial charge in [0.2, 0.25) is 29.4 Å². The van der Waals surface area contributed by atoms with E-state index < -0.39 is 24.4 Å². The fraction of sp³-hybridized carbons (Fsp3) is 0.111. The number of hydrogen-bond acceptors (Lipinski definition) is 10. The first-order valence-corrected chi connectivity index (χ1v) is 8.90. The number of rotatable bonds is 6. The van der Waals surface area contributed by atoms with E-state index in [1.54, 1.807) is 0 Å². The number of aromatic nitrogens is 6. The van der Waals surface area contributed by atoms with E-state index in [1.807, 2.05) is 0 Å². The van der Waals surface area contributed by atoms with Crippen molar-refractivity contribution in [1.29, 1.82) is 0 Å². The number of ether oxygens (including phenoxy) is 1. The van der Waals surface area contributed by atoms with Crippen LogP contribution in [-0.4, -0.2) is 42.9 Å². The van der Waals surface area contributed by atoms with Gasteiger partial charge in [-0.3, -0.25) is 0 Å². The van der Waals surface area contributed by atoms with Gasteiger partial charge in [0, 0.05) is 24.0 Å². The first-order valence-electron chi connectivity index (χ1n) is 8.90. The van der Waals surface area contributed by atoms with Gasteiger partial charge in [0.15, 0.2) is 18.2 Å². The van der Waals surface area contributed by atoms with E-state index in [0.29, 0.717) is 0 Å². The molecule has 0 aliphatic heterocycles. The lowest BCUT2D eigenvalue weighted by molar-refractivity contribution is -0.154. The molecule has 3 N–H and O–H groups in total. The first kappa shape index (κ1) is 21.8. The van der Waals surface area contributed by atoms with Crippen molar-refractivity contribution in [3.63, 3.8) is 0 Å². The van der Waals surface area contributed by atoms with Gasteiger partial charge in [0.1, 0.15) is 0 Å². The van der Waals surface area contributed by atoms with Gasteiger partial charge in [-0.05, 0) is 18.2 Å². The number of hydrogen-bond donors (Lipinski definition) is 2. The fourth-order valence-corrected chi connectivity index (χ4v) is 2.43. The van der Waals surface area contributed by atoms with Crippen LogP contribution in [-0.2, 0) is 0 Å². The fourth-order valence-electron chi connectivity index (χ4n) is 2.43. The molecule has 3 heterocycles. The number of nitrogens with one attached hydrogen (secondary N) is 1. The Morgan fingerprint density at radius 1 is 0.970 bits per heavy atom. The van der Waals surface area contributed by atoms with Gasteiger partial charge in [0.25, 0.3) is 5.89 Å². The molecule has 170 valence electrons. The van der Waals surface area contributed by atoms with Crippen LogP contribution in [0, 0.1) is 11.6 Å². The molecule has 0 spiro atoms. The highest BCUT2D eigenvalue weighted by molar-refractivity contribution is 5.59. The summed E-state index contributed by atoms with van der Waals surface area (Å²) in [7, 11) is 0. The molecular formula is C18H11F5N8O2. The quantitative estimate of drug-likeness (QED) is 0.406. The van der Waals surface area contributed by atoms with Crippen LogP contribution >= 0.6 is 0 Å². The standard InChI is InChI=1S/C18H11F5N8O2/c19-10-3-2-9(5-11(10)20)26-17-29-13(28-16(24)30-17)14-27-15(33-31-14)8-1-4-12(25-6-8)32-7-18(21,22)23/h1-6H,7H2,(H3,24,26,28,29,30). The highest BCUT2D eigenvalue weighted by Crippen LogP contribution is 2.24. The second-order valence-electron chi connectivity index (χ2n) is 6.31. The predicted octanol–water partition coefficient (Wildman–Crippen LogP) is 3.53. The van der Waals surface area contributed by atoms with Crippen molar-refractivity contribution in [3.8, 4) is 29.0 Å². The Balaban J connectivity index is 1.52. The van der Waals surface area contributed by atoms with E-state index in [0.717, 1.165) is 12.1 Å². The molecule has 0 atom stereocenters. The Labute approximate surface area is 180 Å². The monoisotopic (exact) mass is 466 g/mol. The lowest BCUT2D eigenvalue weighted by Gasteiger charge is -2.07. The molecule has 0 saturated heterocycles. The van der Waals surface area contributed by atoms with Crippen LogP contribution in [0.5, 0.6) is 5.88 Å². The summed E-state index contributed by atoms with van der Waals surface area (Å²) >= 11 is 0. The lowest BCUT2D eigenvalue weighted by atomic mass is 10.3. The molecule has 0 amide bonds. The van der Waals surface area contributed by atoms with Crippen LogP contribution in [0.3, 0.4) is 0 Å². The van der Waals surface area contributed by atoms with Crippen LogP contribution in [0.25, 0.3) is 23.1 Å². The summed E-state index contributed by atoms with van der Waals surface area (Å²) in [6.45, 7) is -1.48. The van der Waals surface area contributed by atoms with Gasteiger partial charge in [-0.2, -0.15) is 33.1 Å². The molecule has 10 nitrogen and oxygen atoms in total. The number of nitrogen functional groups attached to an aromatic ring is 1. The Bertz CT molecular complexity index is 1280. The number of halogens is 5. The molecule has 3 aromatic heterocycles. The third-order valence-corrected chi connectivity index (χ3v) is 3.82. The third kappa shape index (κ3) is 5.44. The second-order valence-corrected chi connectivity index (χ2v) is 6.31. The number of pyridine rings is 1. The zero-order valence-electron chi connectivity index (χ0n) is 16.1. The van der Waals surface area contributed by atoms with Crippen LogP contribution in [0.4, 0.5) is 39.5 Å². The van der Waals surface area contributed by atoms with E-state index in [1.165, 1.54) is 24.4 Å². The molecule has 4 aromatic rings. The molecule has 0 unspecified atom stereocenters. The maximum Gasteiger partial charge on any atom is 0.422 e. The minimum Gasteiger partial charge on any atom is -0.468 e. The maximum absolute atomic E-state index is 13.4. The molecule has 0 saturated carbocycles. The minimum absolute atomic E-state index is 0.0334. The van der Waals surface area contributed by atoms with Gasteiger partial charge in [-0.1, -0.05) is 5.16 Å². The average Bonchev–Trinajstić information content (AvgIpc) is 3.25. The van der Waals surface area contributed by atoms with E-state index in [9.17, 15) is 22.0 Å². The molecule has 4 rings (SSSR count). The van der Waals surface area contributed by atoms with Crippen molar-refractivity contribution in [2.75, 3.05) is 17.7 Å². The summed E-state index contributed by atoms with van der Waals surface area (Å²) in [5, 5.41) is 6.38. The van der Waals surface area contributed by atoms with Crippen molar-refractivity contribution in [1.82, 2.24) is 30.1 Å². The Morgan fingerprint density at radius 3 is 2.48 bits per heavy atom. The Kier molecular flexibility index (Phi) is 5.68. The Hall–Kier alpha value is -4.43. The summed E-state index contributed by atoms with van der Waals surface area (Å²) in [5.41, 5.74) is 6.11. The smallest absolute Gasteiger partial charge is 0.422 e. The van der Waals surface area contributed by atoms with E-state index in [-0.39, 0.29) is 46.6 Å². The zero-order chi connectivity index (χ0) is 23.6. The number of anilines is 3. The normalized spacial score (nSPS) is 11.4. The molecule has 0 bridgehead atoms. The molecule has 1 aromatic carbocycles. The topological polar surface area (TPSA) is 138 Å². The molecule has 0 fully saturated rings. The molecule has 33 heavy (non-hydrogen) atoms. The maximum atomic E-state index is 13.4. The lowest BCUT2D eigenvalue weighted by Crippen LogP contribution is -2.19. The second kappa shape index (κ2) is 8.60. The van der Waals surface area contributed by atoms with Crippen molar-refractivity contribution in [3.05, 3.63) is 48.2 Å². The molecule has 0 radical (unpaired) electrons. The Morgan fingerprint density at radius 2 is 1.79 bits per heavy atom. The summed E-state index contributed by atoms with van der Waals surface area (Å²) in [4.78, 5) is 19.7. The third-order valence-electron chi connectivity index (χ3n) is 3.82. The van der Waals surface area contributed by atoms with Crippen LogP contribution < -0.4 is 15.8 Å². The first-order chi connectivity index (χ1) is 15.7. The summed E-state index contributed by atoms with van der Waals surface area (Å²) in [5.74, 6) is -2.88. The van der Waals surface area contributed by atoms with E-state index in [2.05, 4.69) is 40.1 Å². The van der Waals surface area contributed by atoms with Gasteiger partial charge in [0.05, 0.1) is 5.56 Å². The van der Waals surface area contributed by atoms with Crippen LogP contribution in [0.2, 0.25) is 0 Å². The van der Waals surface area contributed by atoms with Crippen molar-refractivity contribution >= 4 is 17.6 Å². The van der Waals surface area contributed by atoms with Crippen LogP contribution in [0.1, 0.15) is 0 Å². The highest BCUT2D eigenvalue weighted by Gasteiger charge is 2.28. The van der Waals surface area contributed by atoms with Gasteiger partial charge in [-0.15, -0.1) is 0 Å². The number of nitrogens with two attached hydrogens (primary N) is 1. The zero-order valence-corrected chi connectivity index (χ0v) is 16.1. The van der Waals surface area contributed by atoms with Gasteiger partial charge in [-0.25, -0.2) is 13.8 Å². The number of nitrogens with zero attached hydrogens (tertiary/aromatic N) is 6. The molecule has 15 heteroatoms. The SMILES string of the molecule is Nc1nc(Nc2ccc(F)c(F)c2)nc(-c2noc(-c3ccc(OCC(F)(F)F)nc3)n2)n1. The molecular weight excluding hydrogens is 455 g/mol. The predicted molar refractivity (Wildman–Crippen MR) is 102 cm³/mol. The summed E-state index contributed by atoms with van der Waals surface area (Å²) in [6.07, 6.45) is -3.31. The summed E-state index contributed by atoms with van der Waals surface area (Å²) in [6, 6.07) is 5.65. The number of benzene rings is 1. The van der Waals surface area contributed by atoms with Crippen molar-refractivity contribution < 1.29 is 31.2 Å². The van der Waals surface area contributed by atoms with Crippen LogP contribution in [0.15, 0.2) is 41.1 Å².